The number of hydrazone groups is 1. The molecule has 1 aromatic carbocycles. The molecule has 0 saturated heterocycles. The Kier molecular flexibility index (Phi) is 3.64. The third-order valence-electron chi connectivity index (χ3n) is 4.96. The largest absolute Gasteiger partial charge is 0.258 e. The van der Waals surface area contributed by atoms with Crippen LogP contribution in [0.15, 0.2) is 46.6 Å². The van der Waals surface area contributed by atoms with Crippen LogP contribution in [-0.4, -0.2) is 11.8 Å². The quantitative estimate of drug-likeness (QED) is 0.683. The maximum absolute atomic E-state index is 4.83. The van der Waals surface area contributed by atoms with Crippen LogP contribution < -0.4 is 5.01 Å². The standard InChI is InChI=1S/C19H26N2/c1-14-9-8-12-19(3,4)18(14)17-13-15(2)20-21(17)16-10-6-5-7-11-16/h5-7,10-11,17H,8-9,12-13H2,1-4H3/t17-/m0/s1. The highest BCUT2D eigenvalue weighted by molar-refractivity contribution is 5.87. The number of benzene rings is 1. The SMILES string of the molecule is CC1=NN(c2ccccc2)[C@H](C2=C(C)CCCC2(C)C)C1. The van der Waals surface area contributed by atoms with E-state index >= 15 is 0 Å². The van der Waals surface area contributed by atoms with Gasteiger partial charge in [-0.15, -0.1) is 0 Å². The van der Waals surface area contributed by atoms with Crippen molar-refractivity contribution in [3.8, 4) is 0 Å². The lowest BCUT2D eigenvalue weighted by molar-refractivity contribution is 0.343. The molecule has 1 heterocycles. The number of allylic oxidation sites excluding steroid dienone is 1. The summed E-state index contributed by atoms with van der Waals surface area (Å²) in [6.07, 6.45) is 4.92. The van der Waals surface area contributed by atoms with E-state index in [1.54, 1.807) is 11.1 Å². The van der Waals surface area contributed by atoms with E-state index in [1.807, 2.05) is 0 Å². The molecule has 0 saturated carbocycles. The van der Waals surface area contributed by atoms with Crippen LogP contribution in [0.1, 0.15) is 53.4 Å². The van der Waals surface area contributed by atoms with Crippen molar-refractivity contribution in [2.45, 2.75) is 59.4 Å². The smallest absolute Gasteiger partial charge is 0.0795 e. The molecule has 112 valence electrons. The monoisotopic (exact) mass is 282 g/mol. The lowest BCUT2D eigenvalue weighted by Gasteiger charge is -2.40. The zero-order valence-electron chi connectivity index (χ0n) is 13.7. The van der Waals surface area contributed by atoms with Crippen molar-refractivity contribution >= 4 is 11.4 Å². The Labute approximate surface area is 128 Å². The van der Waals surface area contributed by atoms with E-state index in [2.05, 4.69) is 63.0 Å². The van der Waals surface area contributed by atoms with Gasteiger partial charge in [-0.3, -0.25) is 5.01 Å². The second-order valence-electron chi connectivity index (χ2n) is 7.17. The van der Waals surface area contributed by atoms with Gasteiger partial charge in [-0.2, -0.15) is 5.10 Å². The van der Waals surface area contributed by atoms with Gasteiger partial charge in [0.2, 0.25) is 0 Å². The average Bonchev–Trinajstić information content (AvgIpc) is 2.80. The van der Waals surface area contributed by atoms with Gasteiger partial charge in [-0.25, -0.2) is 0 Å². The summed E-state index contributed by atoms with van der Waals surface area (Å²) in [5.41, 5.74) is 5.95. The van der Waals surface area contributed by atoms with Gasteiger partial charge in [0.15, 0.2) is 0 Å². The highest BCUT2D eigenvalue weighted by atomic mass is 15.5. The molecule has 2 aliphatic rings. The van der Waals surface area contributed by atoms with Crippen molar-refractivity contribution in [1.29, 1.82) is 0 Å². The molecule has 0 spiro atoms. The minimum atomic E-state index is 0.292. The molecule has 1 aromatic rings. The molecule has 0 aromatic heterocycles. The predicted molar refractivity (Wildman–Crippen MR) is 90.8 cm³/mol. The normalized spacial score (nSPS) is 25.2. The van der Waals surface area contributed by atoms with Crippen molar-refractivity contribution in [3.05, 3.63) is 41.5 Å². The first kappa shape index (κ1) is 14.4. The van der Waals surface area contributed by atoms with Gasteiger partial charge in [-0.05, 0) is 56.2 Å². The molecule has 0 fully saturated rings. The molecule has 1 atom stereocenters. The molecular formula is C19H26N2. The molecule has 0 amide bonds. The van der Waals surface area contributed by atoms with E-state index in [9.17, 15) is 0 Å². The zero-order valence-corrected chi connectivity index (χ0v) is 13.7. The molecular weight excluding hydrogens is 256 g/mol. The van der Waals surface area contributed by atoms with Crippen LogP contribution in [-0.2, 0) is 0 Å². The topological polar surface area (TPSA) is 15.6 Å². The third kappa shape index (κ3) is 2.64. The second kappa shape index (κ2) is 5.32. The number of anilines is 1. The summed E-state index contributed by atoms with van der Waals surface area (Å²) in [6.45, 7) is 9.29. The second-order valence-corrected chi connectivity index (χ2v) is 7.17. The van der Waals surface area contributed by atoms with Crippen LogP contribution in [0.3, 0.4) is 0 Å². The van der Waals surface area contributed by atoms with Crippen molar-refractivity contribution in [1.82, 2.24) is 0 Å². The van der Waals surface area contributed by atoms with Crippen LogP contribution in [0.4, 0.5) is 5.69 Å². The summed E-state index contributed by atoms with van der Waals surface area (Å²) in [5.74, 6) is 0. The van der Waals surface area contributed by atoms with E-state index in [4.69, 9.17) is 5.10 Å². The number of hydrogen-bond acceptors (Lipinski definition) is 2. The van der Waals surface area contributed by atoms with Crippen LogP contribution in [0, 0.1) is 5.41 Å². The van der Waals surface area contributed by atoms with Gasteiger partial charge >= 0.3 is 0 Å². The molecule has 0 radical (unpaired) electrons. The van der Waals surface area contributed by atoms with E-state index in [0.717, 1.165) is 6.42 Å². The van der Waals surface area contributed by atoms with Gasteiger partial charge in [0.05, 0.1) is 11.7 Å². The maximum atomic E-state index is 4.83. The van der Waals surface area contributed by atoms with Crippen molar-refractivity contribution in [2.24, 2.45) is 10.5 Å². The fourth-order valence-electron chi connectivity index (χ4n) is 4.08. The highest BCUT2D eigenvalue weighted by Gasteiger charge is 2.39. The van der Waals surface area contributed by atoms with Gasteiger partial charge in [0.1, 0.15) is 0 Å². The fraction of sp³-hybridized carbons (Fsp3) is 0.526. The van der Waals surface area contributed by atoms with Crippen LogP contribution in [0.5, 0.6) is 0 Å². The summed E-state index contributed by atoms with van der Waals surface area (Å²) in [7, 11) is 0. The summed E-state index contributed by atoms with van der Waals surface area (Å²) in [5, 5.41) is 7.08. The highest BCUT2D eigenvalue weighted by Crippen LogP contribution is 2.45. The molecule has 1 aliphatic carbocycles. The minimum Gasteiger partial charge on any atom is -0.258 e. The lowest BCUT2D eigenvalue weighted by atomic mass is 9.69. The van der Waals surface area contributed by atoms with E-state index in [-0.39, 0.29) is 0 Å². The Morgan fingerprint density at radius 3 is 2.52 bits per heavy atom. The van der Waals surface area contributed by atoms with E-state index < -0.39 is 0 Å². The summed E-state index contributed by atoms with van der Waals surface area (Å²) >= 11 is 0. The third-order valence-corrected chi connectivity index (χ3v) is 4.96. The Bertz CT molecular complexity index is 581. The first-order valence-electron chi connectivity index (χ1n) is 8.07. The lowest BCUT2D eigenvalue weighted by Crippen LogP contribution is -2.37. The number of para-hydroxylation sites is 1. The minimum absolute atomic E-state index is 0.292. The van der Waals surface area contributed by atoms with Crippen molar-refractivity contribution in [3.63, 3.8) is 0 Å². The van der Waals surface area contributed by atoms with Crippen LogP contribution >= 0.6 is 0 Å². The predicted octanol–water partition coefficient (Wildman–Crippen LogP) is 5.17. The van der Waals surface area contributed by atoms with Gasteiger partial charge < -0.3 is 0 Å². The molecule has 0 unspecified atom stereocenters. The van der Waals surface area contributed by atoms with Crippen LogP contribution in [0.2, 0.25) is 0 Å². The zero-order chi connectivity index (χ0) is 15.0. The molecule has 0 bridgehead atoms. The molecule has 1 aliphatic heterocycles. The van der Waals surface area contributed by atoms with E-state index in [1.165, 1.54) is 30.7 Å². The maximum Gasteiger partial charge on any atom is 0.0795 e. The van der Waals surface area contributed by atoms with Gasteiger partial charge in [0.25, 0.3) is 0 Å². The Morgan fingerprint density at radius 2 is 1.86 bits per heavy atom. The van der Waals surface area contributed by atoms with E-state index in [0.29, 0.717) is 11.5 Å². The first-order chi connectivity index (χ1) is 9.99. The number of nitrogens with zero attached hydrogens (tertiary/aromatic N) is 2. The summed E-state index contributed by atoms with van der Waals surface area (Å²) in [6, 6.07) is 11.0. The number of rotatable bonds is 2. The van der Waals surface area contributed by atoms with Crippen molar-refractivity contribution < 1.29 is 0 Å². The fourth-order valence-corrected chi connectivity index (χ4v) is 4.08. The van der Waals surface area contributed by atoms with Crippen molar-refractivity contribution in [2.75, 3.05) is 5.01 Å². The molecule has 21 heavy (non-hydrogen) atoms. The summed E-state index contributed by atoms with van der Waals surface area (Å²) in [4.78, 5) is 0. The Hall–Kier alpha value is -1.57. The number of hydrogen-bond donors (Lipinski definition) is 0. The van der Waals surface area contributed by atoms with Gasteiger partial charge in [-0.1, -0.05) is 37.6 Å². The summed E-state index contributed by atoms with van der Waals surface area (Å²) < 4.78 is 0. The Balaban J connectivity index is 2.01. The molecule has 2 heteroatoms. The van der Waals surface area contributed by atoms with Gasteiger partial charge in [0, 0.05) is 12.1 Å². The molecule has 2 nitrogen and oxygen atoms in total. The molecule has 3 rings (SSSR count). The van der Waals surface area contributed by atoms with Crippen LogP contribution in [0.25, 0.3) is 0 Å². The molecule has 0 N–H and O–H groups in total. The average molecular weight is 282 g/mol. The Morgan fingerprint density at radius 1 is 1.14 bits per heavy atom. The first-order valence-corrected chi connectivity index (χ1v) is 8.07.